The lowest BCUT2D eigenvalue weighted by Crippen LogP contribution is -2.30. The molecule has 0 radical (unpaired) electrons. The number of benzene rings is 2. The first kappa shape index (κ1) is 24.0. The molecular weight excluding hydrogens is 448 g/mol. The second kappa shape index (κ2) is 11.8. The molecule has 8 nitrogen and oxygen atoms in total. The molecule has 1 aliphatic rings. The van der Waals surface area contributed by atoms with E-state index in [1.54, 1.807) is 24.3 Å². The van der Waals surface area contributed by atoms with E-state index in [0.717, 1.165) is 30.6 Å². The van der Waals surface area contributed by atoms with E-state index < -0.39 is 0 Å². The van der Waals surface area contributed by atoms with Crippen LogP contribution in [0.2, 0.25) is 0 Å². The summed E-state index contributed by atoms with van der Waals surface area (Å²) < 4.78 is 2.13. The zero-order chi connectivity index (χ0) is 23.8. The van der Waals surface area contributed by atoms with Gasteiger partial charge in [-0.3, -0.25) is 14.5 Å². The number of nitrogens with one attached hydrogen (secondary N) is 2. The Labute approximate surface area is 204 Å². The molecule has 1 saturated heterocycles. The van der Waals surface area contributed by atoms with Gasteiger partial charge in [-0.1, -0.05) is 48.5 Å². The van der Waals surface area contributed by atoms with Crippen molar-refractivity contribution in [2.75, 3.05) is 29.5 Å². The van der Waals surface area contributed by atoms with Gasteiger partial charge in [-0.25, -0.2) is 0 Å². The van der Waals surface area contributed by atoms with Crippen LogP contribution in [0.4, 0.5) is 11.4 Å². The minimum Gasteiger partial charge on any atom is -0.326 e. The first-order valence-electron chi connectivity index (χ1n) is 11.6. The number of piperidine rings is 1. The molecule has 34 heavy (non-hydrogen) atoms. The molecule has 1 fully saturated rings. The molecule has 2 N–H and O–H groups in total. The van der Waals surface area contributed by atoms with Gasteiger partial charge < -0.3 is 15.2 Å². The van der Waals surface area contributed by atoms with E-state index in [0.29, 0.717) is 17.9 Å². The largest absolute Gasteiger partial charge is 0.326 e. The number of amides is 2. The van der Waals surface area contributed by atoms with Crippen molar-refractivity contribution in [2.45, 2.75) is 44.4 Å². The second-order valence-electron chi connectivity index (χ2n) is 8.40. The van der Waals surface area contributed by atoms with Crippen molar-refractivity contribution in [1.29, 1.82) is 0 Å². The van der Waals surface area contributed by atoms with Crippen molar-refractivity contribution in [2.24, 2.45) is 0 Å². The van der Waals surface area contributed by atoms with E-state index in [2.05, 4.69) is 42.4 Å². The van der Waals surface area contributed by atoms with Crippen LogP contribution in [0.25, 0.3) is 0 Å². The highest BCUT2D eigenvalue weighted by atomic mass is 32.2. The predicted molar refractivity (Wildman–Crippen MR) is 135 cm³/mol. The number of carbonyl (C=O) groups excluding carboxylic acids is 2. The molecule has 0 bridgehead atoms. The van der Waals surface area contributed by atoms with Gasteiger partial charge in [0.05, 0.1) is 18.8 Å². The predicted octanol–water partition coefficient (Wildman–Crippen LogP) is 4.00. The van der Waals surface area contributed by atoms with Gasteiger partial charge in [0.15, 0.2) is 5.16 Å². The number of thioether (sulfide) groups is 1. The molecule has 9 heteroatoms. The molecule has 2 heterocycles. The fourth-order valence-corrected chi connectivity index (χ4v) is 4.71. The number of hydrogen-bond acceptors (Lipinski definition) is 6. The van der Waals surface area contributed by atoms with Crippen LogP contribution in [-0.2, 0) is 22.7 Å². The summed E-state index contributed by atoms with van der Waals surface area (Å²) in [4.78, 5) is 26.2. The van der Waals surface area contributed by atoms with Gasteiger partial charge in [0.1, 0.15) is 5.82 Å². The minimum absolute atomic E-state index is 0.121. The Balaban J connectivity index is 1.40. The van der Waals surface area contributed by atoms with E-state index in [1.165, 1.54) is 43.5 Å². The first-order valence-corrected chi connectivity index (χ1v) is 12.5. The number of aromatic nitrogens is 3. The second-order valence-corrected chi connectivity index (χ2v) is 9.35. The zero-order valence-electron chi connectivity index (χ0n) is 19.4. The molecule has 3 aromatic rings. The van der Waals surface area contributed by atoms with Crippen LogP contribution in [-0.4, -0.2) is 50.3 Å². The smallest absolute Gasteiger partial charge is 0.234 e. The summed E-state index contributed by atoms with van der Waals surface area (Å²) in [6.45, 7) is 5.08. The Morgan fingerprint density at radius 3 is 2.24 bits per heavy atom. The Morgan fingerprint density at radius 1 is 0.882 bits per heavy atom. The van der Waals surface area contributed by atoms with Crippen LogP contribution in [0, 0.1) is 0 Å². The highest BCUT2D eigenvalue weighted by molar-refractivity contribution is 7.99. The quantitative estimate of drug-likeness (QED) is 0.452. The van der Waals surface area contributed by atoms with Gasteiger partial charge in [-0.05, 0) is 55.8 Å². The van der Waals surface area contributed by atoms with Crippen molar-refractivity contribution < 1.29 is 9.59 Å². The zero-order valence-corrected chi connectivity index (χ0v) is 20.2. The molecule has 0 aliphatic carbocycles. The molecule has 178 valence electrons. The van der Waals surface area contributed by atoms with Crippen molar-refractivity contribution in [3.8, 4) is 0 Å². The van der Waals surface area contributed by atoms with Crippen molar-refractivity contribution in [3.05, 3.63) is 66.0 Å². The number of likely N-dealkylation sites (tertiary alicyclic amines) is 1. The Bertz CT molecular complexity index is 1090. The normalized spacial score (nSPS) is 14.0. The first-order chi connectivity index (χ1) is 16.6. The van der Waals surface area contributed by atoms with Crippen molar-refractivity contribution in [3.63, 3.8) is 0 Å². The summed E-state index contributed by atoms with van der Waals surface area (Å²) in [6.07, 6.45) is 3.74. The van der Waals surface area contributed by atoms with Gasteiger partial charge in [0.2, 0.25) is 11.8 Å². The van der Waals surface area contributed by atoms with E-state index in [4.69, 9.17) is 0 Å². The summed E-state index contributed by atoms with van der Waals surface area (Å²) in [5, 5.41) is 15.3. The van der Waals surface area contributed by atoms with Crippen LogP contribution in [0.15, 0.2) is 59.8 Å². The average Bonchev–Trinajstić information content (AvgIpc) is 3.21. The maximum atomic E-state index is 12.6. The SMILES string of the molecule is CC(=O)Nc1ccc(NC(=O)CSc2nnc(CN3CCCCC3)n2Cc2ccccc2)cc1. The maximum absolute atomic E-state index is 12.6. The van der Waals surface area contributed by atoms with Crippen LogP contribution < -0.4 is 10.6 Å². The van der Waals surface area contributed by atoms with Gasteiger partial charge in [0, 0.05) is 18.3 Å². The fourth-order valence-electron chi connectivity index (χ4n) is 3.95. The van der Waals surface area contributed by atoms with E-state index in [-0.39, 0.29) is 17.6 Å². The van der Waals surface area contributed by atoms with E-state index >= 15 is 0 Å². The number of anilines is 2. The third kappa shape index (κ3) is 6.91. The molecule has 0 saturated carbocycles. The topological polar surface area (TPSA) is 92.2 Å². The lowest BCUT2D eigenvalue weighted by Gasteiger charge is -2.26. The van der Waals surface area contributed by atoms with Gasteiger partial charge in [0.25, 0.3) is 0 Å². The summed E-state index contributed by atoms with van der Waals surface area (Å²) in [7, 11) is 0. The molecule has 0 spiro atoms. The standard InChI is InChI=1S/C25H30N6O2S/c1-19(32)26-21-10-12-22(13-11-21)27-24(33)18-34-25-29-28-23(17-30-14-6-3-7-15-30)31(25)16-20-8-4-2-5-9-20/h2,4-5,8-13H,3,6-7,14-18H2,1H3,(H,26,32)(H,27,33). The summed E-state index contributed by atoms with van der Waals surface area (Å²) >= 11 is 1.39. The summed E-state index contributed by atoms with van der Waals surface area (Å²) in [6, 6.07) is 17.3. The summed E-state index contributed by atoms with van der Waals surface area (Å²) in [5.41, 5.74) is 2.54. The minimum atomic E-state index is -0.132. The van der Waals surface area contributed by atoms with Crippen LogP contribution >= 0.6 is 11.8 Å². The van der Waals surface area contributed by atoms with Gasteiger partial charge >= 0.3 is 0 Å². The van der Waals surface area contributed by atoms with Crippen molar-refractivity contribution >= 4 is 35.0 Å². The highest BCUT2D eigenvalue weighted by Crippen LogP contribution is 2.22. The number of carbonyl (C=O) groups is 2. The lowest BCUT2D eigenvalue weighted by atomic mass is 10.1. The van der Waals surface area contributed by atoms with Crippen LogP contribution in [0.5, 0.6) is 0 Å². The number of hydrogen-bond donors (Lipinski definition) is 2. The lowest BCUT2D eigenvalue weighted by molar-refractivity contribution is -0.114. The third-order valence-corrected chi connectivity index (χ3v) is 6.58. The summed E-state index contributed by atoms with van der Waals surface area (Å²) in [5.74, 6) is 0.906. The maximum Gasteiger partial charge on any atom is 0.234 e. The average molecular weight is 479 g/mol. The molecule has 1 aliphatic heterocycles. The molecule has 4 rings (SSSR count). The molecule has 2 amide bonds. The third-order valence-electron chi connectivity index (χ3n) is 5.61. The Morgan fingerprint density at radius 2 is 1.56 bits per heavy atom. The number of nitrogens with zero attached hydrogens (tertiary/aromatic N) is 4. The molecular formula is C25H30N6O2S. The fraction of sp³-hybridized carbons (Fsp3) is 0.360. The Hall–Kier alpha value is -3.17. The van der Waals surface area contributed by atoms with Crippen LogP contribution in [0.1, 0.15) is 37.6 Å². The Kier molecular flexibility index (Phi) is 8.32. The number of rotatable bonds is 9. The van der Waals surface area contributed by atoms with Gasteiger partial charge in [-0.15, -0.1) is 10.2 Å². The van der Waals surface area contributed by atoms with Crippen molar-refractivity contribution in [1.82, 2.24) is 19.7 Å². The molecule has 0 atom stereocenters. The molecule has 0 unspecified atom stereocenters. The van der Waals surface area contributed by atoms with Gasteiger partial charge in [-0.2, -0.15) is 0 Å². The monoisotopic (exact) mass is 478 g/mol. The van der Waals surface area contributed by atoms with E-state index in [9.17, 15) is 9.59 Å². The highest BCUT2D eigenvalue weighted by Gasteiger charge is 2.18. The molecule has 2 aromatic carbocycles. The van der Waals surface area contributed by atoms with E-state index in [1.807, 2.05) is 18.2 Å². The van der Waals surface area contributed by atoms with Crippen LogP contribution in [0.3, 0.4) is 0 Å². The molecule has 1 aromatic heterocycles.